The molecule has 0 bridgehead atoms. The molecule has 1 saturated heterocycles. The second-order valence-corrected chi connectivity index (χ2v) is 5.00. The van der Waals surface area contributed by atoms with Crippen LogP contribution in [-0.2, 0) is 4.74 Å². The summed E-state index contributed by atoms with van der Waals surface area (Å²) in [6, 6.07) is 0.165. The SMILES string of the molecule is COCC(C)N1CCN(c2c(F)c(F)nc(F)c2F)CC1. The van der Waals surface area contributed by atoms with Gasteiger partial charge in [0.15, 0.2) is 0 Å². The summed E-state index contributed by atoms with van der Waals surface area (Å²) in [5.74, 6) is -6.15. The monoisotopic (exact) mass is 307 g/mol. The minimum absolute atomic E-state index is 0.165. The van der Waals surface area contributed by atoms with Crippen LogP contribution in [0.1, 0.15) is 6.92 Å². The first-order valence-electron chi connectivity index (χ1n) is 6.63. The fourth-order valence-electron chi connectivity index (χ4n) is 2.49. The van der Waals surface area contributed by atoms with Gasteiger partial charge in [-0.25, -0.2) is 0 Å². The van der Waals surface area contributed by atoms with Crippen LogP contribution in [-0.4, -0.2) is 55.8 Å². The van der Waals surface area contributed by atoms with Gasteiger partial charge in [0, 0.05) is 39.3 Å². The van der Waals surface area contributed by atoms with Crippen molar-refractivity contribution in [2.45, 2.75) is 13.0 Å². The molecule has 4 nitrogen and oxygen atoms in total. The van der Waals surface area contributed by atoms with E-state index in [0.717, 1.165) is 0 Å². The molecule has 1 aliphatic heterocycles. The average Bonchev–Trinajstić information content (AvgIpc) is 2.46. The topological polar surface area (TPSA) is 28.6 Å². The summed E-state index contributed by atoms with van der Waals surface area (Å²) in [4.78, 5) is 5.95. The lowest BCUT2D eigenvalue weighted by molar-refractivity contribution is 0.0950. The summed E-state index contributed by atoms with van der Waals surface area (Å²) in [5.41, 5.74) is -0.681. The molecule has 0 N–H and O–H groups in total. The van der Waals surface area contributed by atoms with Crippen LogP contribution in [0.25, 0.3) is 0 Å². The maximum atomic E-state index is 13.7. The highest BCUT2D eigenvalue weighted by atomic mass is 19.2. The number of aromatic nitrogens is 1. The third-order valence-corrected chi connectivity index (χ3v) is 3.64. The van der Waals surface area contributed by atoms with Crippen LogP contribution in [0, 0.1) is 23.5 Å². The van der Waals surface area contributed by atoms with E-state index in [1.807, 2.05) is 6.92 Å². The lowest BCUT2D eigenvalue weighted by atomic mass is 10.2. The van der Waals surface area contributed by atoms with Crippen molar-refractivity contribution in [3.05, 3.63) is 23.5 Å². The second-order valence-electron chi connectivity index (χ2n) is 5.00. The Hall–Kier alpha value is -1.41. The zero-order chi connectivity index (χ0) is 15.6. The van der Waals surface area contributed by atoms with E-state index < -0.39 is 29.2 Å². The smallest absolute Gasteiger partial charge is 0.253 e. The van der Waals surface area contributed by atoms with Gasteiger partial charge in [-0.15, -0.1) is 0 Å². The molecule has 1 aromatic rings. The molecule has 0 aliphatic carbocycles. The molecule has 21 heavy (non-hydrogen) atoms. The van der Waals surface area contributed by atoms with Crippen molar-refractivity contribution < 1.29 is 22.3 Å². The number of hydrogen-bond donors (Lipinski definition) is 0. The summed E-state index contributed by atoms with van der Waals surface area (Å²) < 4.78 is 58.7. The molecule has 2 heterocycles. The molecule has 1 unspecified atom stereocenters. The molecule has 1 atom stereocenters. The van der Waals surface area contributed by atoms with Gasteiger partial charge in [-0.05, 0) is 6.92 Å². The van der Waals surface area contributed by atoms with Crippen molar-refractivity contribution in [1.82, 2.24) is 9.88 Å². The predicted molar refractivity (Wildman–Crippen MR) is 69.2 cm³/mol. The number of methoxy groups -OCH3 is 1. The number of hydrogen-bond acceptors (Lipinski definition) is 4. The van der Waals surface area contributed by atoms with Crippen LogP contribution in [0.5, 0.6) is 0 Å². The quantitative estimate of drug-likeness (QED) is 0.626. The molecule has 0 aromatic carbocycles. The number of halogens is 4. The van der Waals surface area contributed by atoms with Gasteiger partial charge in [-0.2, -0.15) is 22.5 Å². The van der Waals surface area contributed by atoms with Gasteiger partial charge in [0.25, 0.3) is 11.9 Å². The minimum atomic E-state index is -1.63. The van der Waals surface area contributed by atoms with Gasteiger partial charge in [0.05, 0.1) is 6.61 Å². The number of piperazine rings is 1. The molecule has 118 valence electrons. The molecule has 0 saturated carbocycles. The van der Waals surface area contributed by atoms with Crippen LogP contribution >= 0.6 is 0 Å². The summed E-state index contributed by atoms with van der Waals surface area (Å²) in [6.07, 6.45) is 0. The van der Waals surface area contributed by atoms with Crippen LogP contribution in [0.2, 0.25) is 0 Å². The highest BCUT2D eigenvalue weighted by molar-refractivity contribution is 5.49. The summed E-state index contributed by atoms with van der Waals surface area (Å²) in [7, 11) is 1.60. The third-order valence-electron chi connectivity index (χ3n) is 3.64. The number of ether oxygens (including phenoxy) is 1. The van der Waals surface area contributed by atoms with E-state index in [1.165, 1.54) is 4.90 Å². The summed E-state index contributed by atoms with van der Waals surface area (Å²) in [5, 5.41) is 0. The van der Waals surface area contributed by atoms with Crippen molar-refractivity contribution in [2.24, 2.45) is 0 Å². The Morgan fingerprint density at radius 1 is 1.05 bits per heavy atom. The van der Waals surface area contributed by atoms with Gasteiger partial charge in [-0.3, -0.25) is 4.90 Å². The normalized spacial score (nSPS) is 18.1. The minimum Gasteiger partial charge on any atom is -0.383 e. The van der Waals surface area contributed by atoms with Crippen LogP contribution < -0.4 is 4.90 Å². The van der Waals surface area contributed by atoms with E-state index in [1.54, 1.807) is 7.11 Å². The van der Waals surface area contributed by atoms with Crippen molar-refractivity contribution in [2.75, 3.05) is 44.8 Å². The first kappa shape index (κ1) is 16.0. The number of anilines is 1. The van der Waals surface area contributed by atoms with Gasteiger partial charge < -0.3 is 9.64 Å². The Balaban J connectivity index is 2.13. The van der Waals surface area contributed by atoms with Crippen molar-refractivity contribution in [3.8, 4) is 0 Å². The van der Waals surface area contributed by atoms with Gasteiger partial charge in [-0.1, -0.05) is 0 Å². The largest absolute Gasteiger partial charge is 0.383 e. The van der Waals surface area contributed by atoms with E-state index in [9.17, 15) is 17.6 Å². The summed E-state index contributed by atoms with van der Waals surface area (Å²) >= 11 is 0. The second kappa shape index (κ2) is 6.57. The van der Waals surface area contributed by atoms with E-state index in [2.05, 4.69) is 9.88 Å². The Labute approximate surface area is 120 Å². The maximum absolute atomic E-state index is 13.7. The Morgan fingerprint density at radius 2 is 1.57 bits per heavy atom. The molecule has 1 aliphatic rings. The molecule has 1 aromatic heterocycles. The lowest BCUT2D eigenvalue weighted by Crippen LogP contribution is -2.51. The first-order chi connectivity index (χ1) is 9.95. The molecular weight excluding hydrogens is 290 g/mol. The van der Waals surface area contributed by atoms with Gasteiger partial charge in [0.2, 0.25) is 11.6 Å². The van der Waals surface area contributed by atoms with Crippen LogP contribution in [0.15, 0.2) is 0 Å². The fraction of sp³-hybridized carbons (Fsp3) is 0.615. The Kier molecular flexibility index (Phi) is 5.00. The van der Waals surface area contributed by atoms with Crippen molar-refractivity contribution in [1.29, 1.82) is 0 Å². The molecule has 8 heteroatoms. The molecule has 1 fully saturated rings. The van der Waals surface area contributed by atoms with Gasteiger partial charge in [0.1, 0.15) is 5.69 Å². The van der Waals surface area contributed by atoms with E-state index in [-0.39, 0.29) is 19.1 Å². The van der Waals surface area contributed by atoms with Crippen LogP contribution in [0.4, 0.5) is 23.2 Å². The molecule has 0 radical (unpaired) electrons. The molecule has 2 rings (SSSR count). The standard InChI is InChI=1S/C13H17F4N3O/c1-8(7-21-2)19-3-5-20(6-4-19)11-9(14)12(16)18-13(17)10(11)15/h8H,3-7H2,1-2H3. The maximum Gasteiger partial charge on any atom is 0.253 e. The average molecular weight is 307 g/mol. The van der Waals surface area contributed by atoms with E-state index in [0.29, 0.717) is 19.7 Å². The molecule has 0 amide bonds. The number of rotatable bonds is 4. The van der Waals surface area contributed by atoms with Gasteiger partial charge >= 0.3 is 0 Å². The third kappa shape index (κ3) is 3.26. The highest BCUT2D eigenvalue weighted by Gasteiger charge is 2.29. The summed E-state index contributed by atoms with van der Waals surface area (Å²) in [6.45, 7) is 4.10. The van der Waals surface area contributed by atoms with Crippen molar-refractivity contribution in [3.63, 3.8) is 0 Å². The molecule has 0 spiro atoms. The first-order valence-corrected chi connectivity index (χ1v) is 6.63. The fourth-order valence-corrected chi connectivity index (χ4v) is 2.49. The molecular formula is C13H17F4N3O. The van der Waals surface area contributed by atoms with E-state index in [4.69, 9.17) is 4.74 Å². The highest BCUT2D eigenvalue weighted by Crippen LogP contribution is 2.27. The number of pyridine rings is 1. The predicted octanol–water partition coefficient (Wildman–Crippen LogP) is 1.79. The van der Waals surface area contributed by atoms with E-state index >= 15 is 0 Å². The van der Waals surface area contributed by atoms with Crippen LogP contribution in [0.3, 0.4) is 0 Å². The lowest BCUT2D eigenvalue weighted by Gasteiger charge is -2.38. The zero-order valence-electron chi connectivity index (χ0n) is 11.9. The number of nitrogens with zero attached hydrogens (tertiary/aromatic N) is 3. The Morgan fingerprint density at radius 3 is 2.05 bits per heavy atom. The Bertz CT molecular complexity index is 480. The zero-order valence-corrected chi connectivity index (χ0v) is 11.9. The van der Waals surface area contributed by atoms with Crippen molar-refractivity contribution >= 4 is 5.69 Å².